The van der Waals surface area contributed by atoms with Gasteiger partial charge >= 0.3 is 11.9 Å². The molecule has 54 valence electrons. The van der Waals surface area contributed by atoms with E-state index in [0.717, 1.165) is 7.11 Å². The maximum Gasteiger partial charge on any atom is 0.389 e. The number of hydrogen-bond acceptors (Lipinski definition) is 2. The first kappa shape index (κ1) is 8.29. The van der Waals surface area contributed by atoms with Crippen LogP contribution < -0.4 is 5.73 Å². The maximum absolute atomic E-state index is 12.0. The highest BCUT2D eigenvalue weighted by atomic mass is 19.3. The first-order valence-electron chi connectivity index (χ1n) is 2.30. The van der Waals surface area contributed by atoms with Crippen LogP contribution in [0.25, 0.3) is 0 Å². The van der Waals surface area contributed by atoms with Gasteiger partial charge in [0, 0.05) is 0 Å². The third-order valence-corrected chi connectivity index (χ3v) is 0.798. The van der Waals surface area contributed by atoms with Crippen molar-refractivity contribution >= 4 is 5.97 Å². The summed E-state index contributed by atoms with van der Waals surface area (Å²) in [7, 11) is 0.909. The minimum Gasteiger partial charge on any atom is -0.464 e. The summed E-state index contributed by atoms with van der Waals surface area (Å²) in [6.07, 6.45) is 0. The Morgan fingerprint density at radius 2 is 2.22 bits per heavy atom. The molecule has 0 aromatic carbocycles. The number of quaternary nitrogens is 1. The lowest BCUT2D eigenvalue weighted by molar-refractivity contribution is -0.401. The molecule has 0 aromatic rings. The van der Waals surface area contributed by atoms with Crippen molar-refractivity contribution in [3.63, 3.8) is 0 Å². The molecule has 0 radical (unpaired) electrons. The highest BCUT2D eigenvalue weighted by molar-refractivity contribution is 5.77. The summed E-state index contributed by atoms with van der Waals surface area (Å²) in [5.74, 6) is -4.95. The minimum absolute atomic E-state index is 0.764. The third kappa shape index (κ3) is 1.93. The maximum atomic E-state index is 12.0. The molecule has 0 unspecified atom stereocenters. The molecule has 0 saturated heterocycles. The van der Waals surface area contributed by atoms with E-state index >= 15 is 0 Å². The summed E-state index contributed by atoms with van der Waals surface area (Å²) in [6.45, 7) is -0.764. The summed E-state index contributed by atoms with van der Waals surface area (Å²) < 4.78 is 27.8. The number of rotatable bonds is 2. The largest absolute Gasteiger partial charge is 0.464 e. The second-order valence-electron chi connectivity index (χ2n) is 1.45. The van der Waals surface area contributed by atoms with Crippen LogP contribution in [0.2, 0.25) is 0 Å². The standard InChI is InChI=1S/C4H7F2NO2/c1-9-3(8)4(5,6)2-7/h2,7H2,1H3/p+1. The molecule has 0 aromatic heterocycles. The van der Waals surface area contributed by atoms with Gasteiger partial charge < -0.3 is 10.5 Å². The molecule has 5 heteroatoms. The van der Waals surface area contributed by atoms with E-state index < -0.39 is 18.4 Å². The van der Waals surface area contributed by atoms with Gasteiger partial charge in [0.1, 0.15) is 0 Å². The molecule has 3 N–H and O–H groups in total. The lowest BCUT2D eigenvalue weighted by atomic mass is 10.3. The molecule has 0 saturated carbocycles. The quantitative estimate of drug-likeness (QED) is 0.502. The monoisotopic (exact) mass is 140 g/mol. The smallest absolute Gasteiger partial charge is 0.389 e. The minimum atomic E-state index is -3.42. The summed E-state index contributed by atoms with van der Waals surface area (Å²) >= 11 is 0. The number of carbonyl (C=O) groups excluding carboxylic acids is 1. The Kier molecular flexibility index (Phi) is 2.51. The molecule has 0 aliphatic heterocycles. The van der Waals surface area contributed by atoms with Crippen LogP contribution in [-0.4, -0.2) is 25.5 Å². The van der Waals surface area contributed by atoms with Crippen LogP contribution in [0.3, 0.4) is 0 Å². The molecule has 3 nitrogen and oxygen atoms in total. The molecular weight excluding hydrogens is 132 g/mol. The fourth-order valence-electron chi connectivity index (χ4n) is 0.251. The van der Waals surface area contributed by atoms with Gasteiger partial charge in [-0.3, -0.25) is 0 Å². The third-order valence-electron chi connectivity index (χ3n) is 0.798. The number of alkyl halides is 2. The fraction of sp³-hybridized carbons (Fsp3) is 0.750. The Morgan fingerprint density at radius 3 is 2.33 bits per heavy atom. The molecule has 0 heterocycles. The normalized spacial score (nSPS) is 11.1. The van der Waals surface area contributed by atoms with E-state index in [9.17, 15) is 13.6 Å². The number of methoxy groups -OCH3 is 1. The van der Waals surface area contributed by atoms with Crippen molar-refractivity contribution in [3.8, 4) is 0 Å². The molecule has 0 atom stereocenters. The van der Waals surface area contributed by atoms with Crippen LogP contribution in [-0.2, 0) is 9.53 Å². The van der Waals surface area contributed by atoms with Crippen molar-refractivity contribution in [1.82, 2.24) is 0 Å². The Morgan fingerprint density at radius 1 is 1.78 bits per heavy atom. The van der Waals surface area contributed by atoms with Crippen LogP contribution in [0.5, 0.6) is 0 Å². The van der Waals surface area contributed by atoms with E-state index in [0.29, 0.717) is 0 Å². The van der Waals surface area contributed by atoms with Gasteiger partial charge in [0.15, 0.2) is 6.54 Å². The van der Waals surface area contributed by atoms with E-state index in [1.807, 2.05) is 0 Å². The average Bonchev–Trinajstić information content (AvgIpc) is 1.86. The number of hydrogen-bond donors (Lipinski definition) is 1. The number of halogens is 2. The highest BCUT2D eigenvalue weighted by Gasteiger charge is 2.40. The lowest BCUT2D eigenvalue weighted by Crippen LogP contribution is -2.61. The van der Waals surface area contributed by atoms with E-state index in [1.54, 1.807) is 0 Å². The second-order valence-corrected chi connectivity index (χ2v) is 1.45. The van der Waals surface area contributed by atoms with Gasteiger partial charge in [-0.05, 0) is 0 Å². The Balaban J connectivity index is 3.97. The lowest BCUT2D eigenvalue weighted by Gasteiger charge is -2.06. The van der Waals surface area contributed by atoms with E-state index in [1.165, 1.54) is 0 Å². The first-order chi connectivity index (χ1) is 4.04. The SMILES string of the molecule is COC(=O)C(F)(F)C[NH3+]. The summed E-state index contributed by atoms with van der Waals surface area (Å²) in [4.78, 5) is 10.1. The van der Waals surface area contributed by atoms with Crippen molar-refractivity contribution in [2.45, 2.75) is 5.92 Å². The van der Waals surface area contributed by atoms with Gasteiger partial charge in [-0.25, -0.2) is 4.79 Å². The Hall–Kier alpha value is -0.710. The number of esters is 1. The fourth-order valence-corrected chi connectivity index (χ4v) is 0.251. The van der Waals surface area contributed by atoms with Crippen molar-refractivity contribution in [3.05, 3.63) is 0 Å². The first-order valence-corrected chi connectivity index (χ1v) is 2.30. The molecule has 0 bridgehead atoms. The summed E-state index contributed by atoms with van der Waals surface area (Å²) in [5, 5.41) is 0. The van der Waals surface area contributed by atoms with E-state index in [4.69, 9.17) is 0 Å². The van der Waals surface area contributed by atoms with Crippen molar-refractivity contribution in [2.24, 2.45) is 0 Å². The molecular formula is C4H8F2NO2+. The topological polar surface area (TPSA) is 53.9 Å². The van der Waals surface area contributed by atoms with Gasteiger partial charge in [-0.1, -0.05) is 0 Å². The van der Waals surface area contributed by atoms with Crippen LogP contribution in [0.1, 0.15) is 0 Å². The van der Waals surface area contributed by atoms with Gasteiger partial charge in [0.05, 0.1) is 7.11 Å². The second kappa shape index (κ2) is 2.72. The molecule has 9 heavy (non-hydrogen) atoms. The number of ether oxygens (including phenoxy) is 1. The van der Waals surface area contributed by atoms with Crippen molar-refractivity contribution in [1.29, 1.82) is 0 Å². The van der Waals surface area contributed by atoms with Gasteiger partial charge in [-0.15, -0.1) is 0 Å². The van der Waals surface area contributed by atoms with Gasteiger partial charge in [-0.2, -0.15) is 8.78 Å². The van der Waals surface area contributed by atoms with Gasteiger partial charge in [0.2, 0.25) is 0 Å². The van der Waals surface area contributed by atoms with Gasteiger partial charge in [0.25, 0.3) is 0 Å². The highest BCUT2D eigenvalue weighted by Crippen LogP contribution is 2.11. The van der Waals surface area contributed by atoms with Crippen LogP contribution >= 0.6 is 0 Å². The van der Waals surface area contributed by atoms with Crippen LogP contribution in [0, 0.1) is 0 Å². The van der Waals surface area contributed by atoms with E-state index in [-0.39, 0.29) is 0 Å². The predicted molar refractivity (Wildman–Crippen MR) is 24.7 cm³/mol. The molecule has 0 spiro atoms. The van der Waals surface area contributed by atoms with Crippen LogP contribution in [0.15, 0.2) is 0 Å². The Bertz CT molecular complexity index is 115. The van der Waals surface area contributed by atoms with E-state index in [2.05, 4.69) is 10.5 Å². The zero-order valence-electron chi connectivity index (χ0n) is 4.99. The molecule has 0 rings (SSSR count). The summed E-state index contributed by atoms with van der Waals surface area (Å²) in [6, 6.07) is 0. The number of carbonyl (C=O) groups is 1. The van der Waals surface area contributed by atoms with Crippen LogP contribution in [0.4, 0.5) is 8.78 Å². The molecule has 0 amide bonds. The predicted octanol–water partition coefficient (Wildman–Crippen LogP) is -0.963. The average molecular weight is 140 g/mol. The molecule has 0 aliphatic rings. The van der Waals surface area contributed by atoms with Crippen molar-refractivity contribution < 1.29 is 24.0 Å². The van der Waals surface area contributed by atoms with Crippen molar-refractivity contribution in [2.75, 3.05) is 13.7 Å². The Labute approximate surface area is 50.8 Å². The molecule has 0 aliphatic carbocycles. The molecule has 0 fully saturated rings. The zero-order valence-corrected chi connectivity index (χ0v) is 4.99. The summed E-state index contributed by atoms with van der Waals surface area (Å²) in [5.41, 5.74) is 2.88. The zero-order chi connectivity index (χ0) is 7.49.